The summed E-state index contributed by atoms with van der Waals surface area (Å²) in [7, 11) is 7.69. The van der Waals surface area contributed by atoms with Crippen LogP contribution in [-0.4, -0.2) is 77.9 Å². The predicted molar refractivity (Wildman–Crippen MR) is 134 cm³/mol. The summed E-state index contributed by atoms with van der Waals surface area (Å²) in [6.07, 6.45) is 0.129. The van der Waals surface area contributed by atoms with Gasteiger partial charge in [0.05, 0.1) is 13.1 Å². The number of hydrogen-bond donors (Lipinski definition) is 1. The van der Waals surface area contributed by atoms with Crippen molar-refractivity contribution in [3.8, 4) is 0 Å². The third-order valence-corrected chi connectivity index (χ3v) is 6.87. The number of nitrogens with zero attached hydrogens (tertiary/aromatic N) is 4. The molecule has 2 aliphatic heterocycles. The van der Waals surface area contributed by atoms with Gasteiger partial charge in [-0.05, 0) is 17.0 Å². The average Bonchev–Trinajstić information content (AvgIpc) is 2.84. The zero-order valence-electron chi connectivity index (χ0n) is 20.6. The maximum atomic E-state index is 13.7. The van der Waals surface area contributed by atoms with Gasteiger partial charge in [-0.3, -0.25) is 9.59 Å². The van der Waals surface area contributed by atoms with Gasteiger partial charge in [-0.1, -0.05) is 80.3 Å². The van der Waals surface area contributed by atoms with Crippen molar-refractivity contribution in [3.63, 3.8) is 0 Å². The van der Waals surface area contributed by atoms with Crippen LogP contribution in [0.5, 0.6) is 0 Å². The van der Waals surface area contributed by atoms with E-state index in [9.17, 15) is 14.4 Å². The molecule has 0 bridgehead atoms. The minimum absolute atomic E-state index is 0.0324. The molecule has 1 unspecified atom stereocenters. The number of hydrogen-bond acceptors (Lipinski definition) is 4. The summed E-state index contributed by atoms with van der Waals surface area (Å²) in [5.74, 6) is -0.303. The largest absolute Gasteiger partial charge is 0.334 e. The lowest BCUT2D eigenvalue weighted by Gasteiger charge is -2.55. The number of likely N-dealkylation sites (N-methyl/N-ethyl adjacent to an activating group) is 1. The number of benzene rings is 2. The minimum atomic E-state index is -0.634. The molecule has 2 heterocycles. The van der Waals surface area contributed by atoms with Crippen LogP contribution < -0.4 is 10.8 Å². The number of piperazine rings is 1. The molecule has 2 saturated heterocycles. The number of hydrazine groups is 1. The monoisotopic (exact) mass is 473 g/mol. The highest BCUT2D eigenvalue weighted by Gasteiger charge is 2.51. The quantitative estimate of drug-likeness (QED) is 0.645. The van der Waals surface area contributed by atoms with Crippen molar-refractivity contribution >= 4 is 31.2 Å². The SMILES string of the molecule is [B]c1cccc(CN2C[C@H]3N(C(=O)CN(C)N3C(=O)NCc3ccccc3)[C@@H](C(C)CC)C2=O)c1. The van der Waals surface area contributed by atoms with Gasteiger partial charge < -0.3 is 15.1 Å². The highest BCUT2D eigenvalue weighted by molar-refractivity contribution is 6.32. The van der Waals surface area contributed by atoms with Crippen molar-refractivity contribution in [1.82, 2.24) is 25.1 Å². The van der Waals surface area contributed by atoms with E-state index in [-0.39, 0.29) is 36.9 Å². The highest BCUT2D eigenvalue weighted by atomic mass is 16.2. The van der Waals surface area contributed by atoms with Crippen molar-refractivity contribution in [2.45, 2.75) is 45.6 Å². The van der Waals surface area contributed by atoms with E-state index >= 15 is 0 Å². The Morgan fingerprint density at radius 1 is 1.11 bits per heavy atom. The second kappa shape index (κ2) is 10.5. The minimum Gasteiger partial charge on any atom is -0.333 e. The van der Waals surface area contributed by atoms with E-state index in [2.05, 4.69) is 5.32 Å². The van der Waals surface area contributed by atoms with Gasteiger partial charge in [0, 0.05) is 20.1 Å². The number of nitrogens with one attached hydrogen (secondary N) is 1. The first-order valence-corrected chi connectivity index (χ1v) is 12.1. The number of urea groups is 1. The third kappa shape index (κ3) is 5.20. The molecule has 182 valence electrons. The van der Waals surface area contributed by atoms with Crippen LogP contribution in [0.1, 0.15) is 31.4 Å². The van der Waals surface area contributed by atoms with E-state index in [1.165, 1.54) is 0 Å². The molecule has 8 nitrogen and oxygen atoms in total. The van der Waals surface area contributed by atoms with Gasteiger partial charge in [0.2, 0.25) is 11.8 Å². The molecular weight excluding hydrogens is 441 g/mol. The summed E-state index contributed by atoms with van der Waals surface area (Å²) in [6, 6.07) is 16.2. The molecule has 9 heteroatoms. The summed E-state index contributed by atoms with van der Waals surface area (Å²) in [5.41, 5.74) is 2.51. The summed E-state index contributed by atoms with van der Waals surface area (Å²) in [4.78, 5) is 43.6. The first kappa shape index (κ1) is 24.8. The van der Waals surface area contributed by atoms with E-state index in [4.69, 9.17) is 7.85 Å². The lowest BCUT2D eigenvalue weighted by molar-refractivity contribution is -0.190. The van der Waals surface area contributed by atoms with Gasteiger partial charge >= 0.3 is 6.03 Å². The van der Waals surface area contributed by atoms with Crippen molar-refractivity contribution in [3.05, 3.63) is 65.7 Å². The van der Waals surface area contributed by atoms with Crippen LogP contribution in [0.2, 0.25) is 0 Å². The summed E-state index contributed by atoms with van der Waals surface area (Å²) in [6.45, 7) is 4.97. The Labute approximate surface area is 208 Å². The van der Waals surface area contributed by atoms with Gasteiger partial charge in [-0.2, -0.15) is 0 Å². The molecule has 3 atom stereocenters. The molecule has 0 aromatic heterocycles. The zero-order chi connectivity index (χ0) is 25.1. The molecular formula is C26H32BN5O3. The van der Waals surface area contributed by atoms with Crippen molar-refractivity contribution in [2.75, 3.05) is 20.1 Å². The molecule has 2 radical (unpaired) electrons. The Kier molecular flexibility index (Phi) is 7.45. The van der Waals surface area contributed by atoms with Crippen molar-refractivity contribution < 1.29 is 14.4 Å². The van der Waals surface area contributed by atoms with E-state index in [1.807, 2.05) is 62.4 Å². The number of carbonyl (C=O) groups excluding carboxylic acids is 3. The van der Waals surface area contributed by atoms with Crippen LogP contribution in [0.15, 0.2) is 54.6 Å². The van der Waals surface area contributed by atoms with Gasteiger partial charge in [0.15, 0.2) is 0 Å². The molecule has 4 amide bonds. The van der Waals surface area contributed by atoms with Crippen LogP contribution in [0, 0.1) is 5.92 Å². The number of fused-ring (bicyclic) bond motifs is 1. The van der Waals surface area contributed by atoms with Crippen molar-refractivity contribution in [2.24, 2.45) is 5.92 Å². The molecule has 2 aromatic carbocycles. The standard InChI is InChI=1S/C26H32BN5O3/c1-4-18(2)24-25(34)30(15-20-11-8-12-21(27)13-20)16-22-31(24)23(33)17-29(3)32(22)26(35)28-14-19-9-6-5-7-10-19/h5-13,18,22,24H,4,14-17H2,1-3H3,(H,28,35)/t18?,22-,24-/m0/s1. The van der Waals surface area contributed by atoms with Gasteiger partial charge in [-0.15, -0.1) is 0 Å². The number of amides is 4. The van der Waals surface area contributed by atoms with Gasteiger partial charge in [-0.25, -0.2) is 14.8 Å². The average molecular weight is 473 g/mol. The van der Waals surface area contributed by atoms with Crippen molar-refractivity contribution in [1.29, 1.82) is 0 Å². The number of carbonyl (C=O) groups is 3. The van der Waals surface area contributed by atoms with Gasteiger partial charge in [0.25, 0.3) is 0 Å². The Morgan fingerprint density at radius 3 is 2.51 bits per heavy atom. The summed E-state index contributed by atoms with van der Waals surface area (Å²) < 4.78 is 0. The smallest absolute Gasteiger partial charge is 0.333 e. The van der Waals surface area contributed by atoms with E-state index in [0.717, 1.165) is 17.5 Å². The highest BCUT2D eigenvalue weighted by Crippen LogP contribution is 2.31. The second-order valence-corrected chi connectivity index (χ2v) is 9.38. The van der Waals surface area contributed by atoms with Crippen LogP contribution in [0.25, 0.3) is 0 Å². The summed E-state index contributed by atoms with van der Waals surface area (Å²) >= 11 is 0. The van der Waals surface area contributed by atoms with Crippen LogP contribution in [-0.2, 0) is 22.7 Å². The third-order valence-electron chi connectivity index (χ3n) is 6.87. The normalized spacial score (nSPS) is 21.6. The molecule has 4 rings (SSSR count). The molecule has 1 N–H and O–H groups in total. The Bertz CT molecular complexity index is 1080. The predicted octanol–water partition coefficient (Wildman–Crippen LogP) is 1.46. The Morgan fingerprint density at radius 2 is 1.83 bits per heavy atom. The lowest BCUT2D eigenvalue weighted by Crippen LogP contribution is -2.76. The maximum Gasteiger partial charge on any atom is 0.334 e. The fourth-order valence-electron chi connectivity index (χ4n) is 4.90. The summed E-state index contributed by atoms with van der Waals surface area (Å²) in [5, 5.41) is 6.20. The number of rotatable bonds is 6. The van der Waals surface area contributed by atoms with Crippen LogP contribution >= 0.6 is 0 Å². The van der Waals surface area contributed by atoms with E-state index in [1.54, 1.807) is 32.9 Å². The molecule has 2 aromatic rings. The maximum absolute atomic E-state index is 13.7. The molecule has 2 aliphatic rings. The Hall–Kier alpha value is -3.33. The second-order valence-electron chi connectivity index (χ2n) is 9.38. The van der Waals surface area contributed by atoms with Gasteiger partial charge in [0.1, 0.15) is 20.1 Å². The molecule has 0 saturated carbocycles. The first-order chi connectivity index (χ1) is 16.8. The topological polar surface area (TPSA) is 76.2 Å². The van der Waals surface area contributed by atoms with E-state index < -0.39 is 12.2 Å². The zero-order valence-corrected chi connectivity index (χ0v) is 20.6. The fourth-order valence-corrected chi connectivity index (χ4v) is 4.90. The fraction of sp³-hybridized carbons (Fsp3) is 0.423. The molecule has 2 fully saturated rings. The first-order valence-electron chi connectivity index (χ1n) is 12.1. The van der Waals surface area contributed by atoms with Crippen LogP contribution in [0.3, 0.4) is 0 Å². The van der Waals surface area contributed by atoms with Crippen LogP contribution in [0.4, 0.5) is 4.79 Å². The molecule has 35 heavy (non-hydrogen) atoms. The molecule has 0 aliphatic carbocycles. The molecule has 0 spiro atoms. The van der Waals surface area contributed by atoms with E-state index in [0.29, 0.717) is 18.6 Å². The Balaban J connectivity index is 1.63. The lowest BCUT2D eigenvalue weighted by atomic mass is 9.91.